The molecule has 0 spiro atoms. The van der Waals surface area contributed by atoms with Gasteiger partial charge in [-0.15, -0.1) is 32.9 Å². The van der Waals surface area contributed by atoms with Crippen LogP contribution < -0.4 is 5.56 Å². The number of hydrogen-bond donors (Lipinski definition) is 0. The average molecular weight is 395 g/mol. The van der Waals surface area contributed by atoms with E-state index in [0.29, 0.717) is 17.2 Å². The van der Waals surface area contributed by atoms with Gasteiger partial charge in [0.1, 0.15) is 11.4 Å². The van der Waals surface area contributed by atoms with Crippen LogP contribution in [0, 0.1) is 0 Å². The molecule has 0 N–H and O–H groups in total. The van der Waals surface area contributed by atoms with Crippen molar-refractivity contribution in [2.75, 3.05) is 0 Å². The summed E-state index contributed by atoms with van der Waals surface area (Å²) in [6.45, 7) is 0.206. The molecule has 0 bridgehead atoms. The average Bonchev–Trinajstić information content (AvgIpc) is 3.22. The summed E-state index contributed by atoms with van der Waals surface area (Å²) in [4.78, 5) is 18.2. The van der Waals surface area contributed by atoms with Gasteiger partial charge in [-0.2, -0.15) is 0 Å². The van der Waals surface area contributed by atoms with Crippen molar-refractivity contribution in [1.82, 2.24) is 19.7 Å². The molecule has 22 heavy (non-hydrogen) atoms. The van der Waals surface area contributed by atoms with Crippen LogP contribution in [0.2, 0.25) is 0 Å². The Morgan fingerprint density at radius 3 is 3.00 bits per heavy atom. The van der Waals surface area contributed by atoms with E-state index in [-0.39, 0.29) is 12.1 Å². The molecular formula is C13H7BrN4O2S2. The maximum absolute atomic E-state index is 12.3. The zero-order chi connectivity index (χ0) is 15.1. The van der Waals surface area contributed by atoms with Crippen molar-refractivity contribution >= 4 is 48.8 Å². The molecular weight excluding hydrogens is 388 g/mol. The van der Waals surface area contributed by atoms with E-state index in [1.165, 1.54) is 33.6 Å². The molecule has 0 aromatic carbocycles. The van der Waals surface area contributed by atoms with Gasteiger partial charge in [0.05, 0.1) is 20.4 Å². The van der Waals surface area contributed by atoms with Crippen LogP contribution in [-0.4, -0.2) is 19.7 Å². The normalized spacial score (nSPS) is 11.3. The highest BCUT2D eigenvalue weighted by molar-refractivity contribution is 9.11. The van der Waals surface area contributed by atoms with Crippen LogP contribution in [0.3, 0.4) is 0 Å². The Morgan fingerprint density at radius 2 is 2.18 bits per heavy atom. The molecule has 6 nitrogen and oxygen atoms in total. The number of halogens is 1. The lowest BCUT2D eigenvalue weighted by Gasteiger charge is -2.00. The van der Waals surface area contributed by atoms with E-state index in [0.717, 1.165) is 13.5 Å². The van der Waals surface area contributed by atoms with Crippen LogP contribution in [0.25, 0.3) is 21.0 Å². The summed E-state index contributed by atoms with van der Waals surface area (Å²) in [5, 5.41) is 10.5. The number of hydrogen-bond acceptors (Lipinski definition) is 7. The van der Waals surface area contributed by atoms with Gasteiger partial charge in [-0.1, -0.05) is 0 Å². The lowest BCUT2D eigenvalue weighted by Crippen LogP contribution is -2.20. The van der Waals surface area contributed by atoms with Crippen molar-refractivity contribution in [3.05, 3.63) is 49.9 Å². The van der Waals surface area contributed by atoms with E-state index >= 15 is 0 Å². The van der Waals surface area contributed by atoms with Crippen LogP contribution in [0.1, 0.15) is 5.89 Å². The molecule has 0 atom stereocenters. The number of rotatable bonds is 3. The van der Waals surface area contributed by atoms with E-state index in [9.17, 15) is 4.79 Å². The fourth-order valence-electron chi connectivity index (χ4n) is 2.00. The van der Waals surface area contributed by atoms with Crippen LogP contribution in [0.4, 0.5) is 0 Å². The van der Waals surface area contributed by atoms with Gasteiger partial charge in [0.25, 0.3) is 11.4 Å². The highest BCUT2D eigenvalue weighted by atomic mass is 79.9. The second kappa shape index (κ2) is 5.41. The first-order chi connectivity index (χ1) is 10.7. The molecule has 0 radical (unpaired) electrons. The van der Waals surface area contributed by atoms with E-state index in [1.54, 1.807) is 6.07 Å². The maximum Gasteiger partial charge on any atom is 0.262 e. The van der Waals surface area contributed by atoms with E-state index in [1.807, 2.05) is 17.5 Å². The lowest BCUT2D eigenvalue weighted by atomic mass is 10.4. The summed E-state index contributed by atoms with van der Waals surface area (Å²) in [5.41, 5.74) is -0.107. The fourth-order valence-corrected chi connectivity index (χ4v) is 4.03. The Kier molecular flexibility index (Phi) is 3.40. The van der Waals surface area contributed by atoms with Gasteiger partial charge in [-0.25, -0.2) is 4.98 Å². The third-order valence-corrected chi connectivity index (χ3v) is 5.44. The molecule has 4 aromatic heterocycles. The molecule has 4 aromatic rings. The van der Waals surface area contributed by atoms with Crippen molar-refractivity contribution in [2.24, 2.45) is 0 Å². The molecule has 0 fully saturated rings. The van der Waals surface area contributed by atoms with E-state index < -0.39 is 0 Å². The number of thiophene rings is 2. The molecule has 0 amide bonds. The van der Waals surface area contributed by atoms with Gasteiger partial charge in [0.2, 0.25) is 5.89 Å². The molecule has 0 saturated carbocycles. The first-order valence-electron chi connectivity index (χ1n) is 6.21. The minimum Gasteiger partial charge on any atom is -0.418 e. The topological polar surface area (TPSA) is 73.8 Å². The summed E-state index contributed by atoms with van der Waals surface area (Å²) in [6.07, 6.45) is 1.51. The molecule has 4 heterocycles. The van der Waals surface area contributed by atoms with Crippen molar-refractivity contribution in [3.8, 4) is 10.8 Å². The number of fused-ring (bicyclic) bond motifs is 1. The highest BCUT2D eigenvalue weighted by Gasteiger charge is 2.12. The summed E-state index contributed by atoms with van der Waals surface area (Å²) in [5.74, 6) is 0.821. The van der Waals surface area contributed by atoms with Crippen molar-refractivity contribution in [1.29, 1.82) is 0 Å². The van der Waals surface area contributed by atoms with Gasteiger partial charge in [0.15, 0.2) is 0 Å². The molecule has 110 valence electrons. The van der Waals surface area contributed by atoms with Gasteiger partial charge in [-0.3, -0.25) is 9.36 Å². The minimum atomic E-state index is -0.107. The quantitative estimate of drug-likeness (QED) is 0.532. The van der Waals surface area contributed by atoms with Crippen LogP contribution >= 0.6 is 38.6 Å². The predicted octanol–water partition coefficient (Wildman–Crippen LogP) is 3.38. The Labute approximate surface area is 140 Å². The highest BCUT2D eigenvalue weighted by Crippen LogP contribution is 2.30. The summed E-state index contributed by atoms with van der Waals surface area (Å²) < 4.78 is 8.08. The van der Waals surface area contributed by atoms with E-state index in [2.05, 4.69) is 31.1 Å². The minimum absolute atomic E-state index is 0.107. The van der Waals surface area contributed by atoms with Crippen molar-refractivity contribution in [2.45, 2.75) is 6.54 Å². The first kappa shape index (κ1) is 13.8. The number of nitrogens with zero attached hydrogens (tertiary/aromatic N) is 4. The molecule has 9 heteroatoms. The van der Waals surface area contributed by atoms with Gasteiger partial charge in [0, 0.05) is 0 Å². The second-order valence-corrected chi connectivity index (χ2v) is 7.78. The Balaban J connectivity index is 1.67. The molecule has 4 rings (SSSR count). The molecule has 0 aliphatic rings. The smallest absolute Gasteiger partial charge is 0.262 e. The summed E-state index contributed by atoms with van der Waals surface area (Å²) >= 11 is 6.34. The second-order valence-electron chi connectivity index (χ2n) is 4.42. The van der Waals surface area contributed by atoms with Gasteiger partial charge >= 0.3 is 0 Å². The van der Waals surface area contributed by atoms with Gasteiger partial charge < -0.3 is 4.42 Å². The SMILES string of the molecule is O=c1c2ccsc2ncn1Cc1nnc(-c2ccc(Br)s2)o1. The van der Waals surface area contributed by atoms with Crippen LogP contribution in [0.15, 0.2) is 42.9 Å². The standard InChI is InChI=1S/C13H7BrN4O2S2/c14-9-2-1-8(22-9)11-17-16-10(20-11)5-18-6-15-12-7(13(18)19)3-4-21-12/h1-4,6H,5H2. The zero-order valence-corrected chi connectivity index (χ0v) is 14.1. The Hall–Kier alpha value is -1.84. The first-order valence-corrected chi connectivity index (χ1v) is 8.70. The van der Waals surface area contributed by atoms with Crippen LogP contribution in [-0.2, 0) is 6.54 Å². The maximum atomic E-state index is 12.3. The zero-order valence-electron chi connectivity index (χ0n) is 10.9. The molecule has 0 unspecified atom stereocenters. The summed E-state index contributed by atoms with van der Waals surface area (Å²) in [6, 6.07) is 5.59. The predicted molar refractivity (Wildman–Crippen MR) is 88.3 cm³/mol. The fraction of sp³-hybridized carbons (Fsp3) is 0.0769. The van der Waals surface area contributed by atoms with Crippen molar-refractivity contribution < 1.29 is 4.42 Å². The van der Waals surface area contributed by atoms with Gasteiger partial charge in [-0.05, 0) is 39.5 Å². The Bertz CT molecular complexity index is 1020. The summed E-state index contributed by atoms with van der Waals surface area (Å²) in [7, 11) is 0. The third kappa shape index (κ3) is 2.40. The number of aromatic nitrogens is 4. The molecule has 0 aliphatic carbocycles. The van der Waals surface area contributed by atoms with E-state index in [4.69, 9.17) is 4.42 Å². The molecule has 0 aliphatic heterocycles. The van der Waals surface area contributed by atoms with Crippen LogP contribution in [0.5, 0.6) is 0 Å². The van der Waals surface area contributed by atoms with Crippen molar-refractivity contribution in [3.63, 3.8) is 0 Å². The molecule has 0 saturated heterocycles. The third-order valence-electron chi connectivity index (χ3n) is 3.01. The largest absolute Gasteiger partial charge is 0.418 e. The lowest BCUT2D eigenvalue weighted by molar-refractivity contribution is 0.484. The Morgan fingerprint density at radius 1 is 1.27 bits per heavy atom. The monoisotopic (exact) mass is 394 g/mol.